The number of rotatable bonds is 3. The third-order valence-corrected chi connectivity index (χ3v) is 5.29. The van der Waals surface area contributed by atoms with Crippen molar-refractivity contribution in [1.82, 2.24) is 18.9 Å². The van der Waals surface area contributed by atoms with Crippen LogP contribution < -0.4 is 11.3 Å². The maximum absolute atomic E-state index is 12.8. The van der Waals surface area contributed by atoms with Gasteiger partial charge in [-0.1, -0.05) is 0 Å². The van der Waals surface area contributed by atoms with Gasteiger partial charge in [-0.25, -0.2) is 4.98 Å². The molecule has 27 heavy (non-hydrogen) atoms. The van der Waals surface area contributed by atoms with Crippen LogP contribution in [-0.4, -0.2) is 44.4 Å². The van der Waals surface area contributed by atoms with E-state index in [0.29, 0.717) is 31.2 Å². The number of aryl methyl sites for hydroxylation is 2. The molecule has 1 atom stereocenters. The molecule has 3 aromatic rings. The third kappa shape index (κ3) is 2.86. The molecule has 3 aromatic heterocycles. The van der Waals surface area contributed by atoms with Crippen molar-refractivity contribution in [3.8, 4) is 11.3 Å². The van der Waals surface area contributed by atoms with Crippen molar-refractivity contribution in [1.29, 1.82) is 0 Å². The molecular formula is C19H23N5O3. The standard InChI is InChI=1S/C19H23N5O3/c1-11-6-14(12(2)27-11)16-10-24-9-15(21-17(24)19(26)22(16)3)18(25)23-5-4-13(7-20)8-23/h6,9-10,13H,4-5,7-8,20H2,1-3H3/t13-/m0/s1. The largest absolute Gasteiger partial charge is 0.466 e. The van der Waals surface area contributed by atoms with Gasteiger partial charge < -0.3 is 19.6 Å². The van der Waals surface area contributed by atoms with Gasteiger partial charge in [-0.2, -0.15) is 0 Å². The van der Waals surface area contributed by atoms with E-state index in [0.717, 1.165) is 23.5 Å². The lowest BCUT2D eigenvalue weighted by Gasteiger charge is -2.14. The van der Waals surface area contributed by atoms with Gasteiger partial charge in [-0.05, 0) is 38.8 Å². The fraction of sp³-hybridized carbons (Fsp3) is 0.421. The first kappa shape index (κ1) is 17.5. The summed E-state index contributed by atoms with van der Waals surface area (Å²) in [4.78, 5) is 31.6. The average molecular weight is 369 g/mol. The van der Waals surface area contributed by atoms with E-state index < -0.39 is 0 Å². The molecule has 0 bridgehead atoms. The molecule has 1 amide bonds. The fourth-order valence-corrected chi connectivity index (χ4v) is 3.74. The van der Waals surface area contributed by atoms with Crippen LogP contribution in [0.5, 0.6) is 0 Å². The predicted molar refractivity (Wildman–Crippen MR) is 101 cm³/mol. The first-order chi connectivity index (χ1) is 12.9. The lowest BCUT2D eigenvalue weighted by molar-refractivity contribution is 0.0782. The molecule has 0 spiro atoms. The minimum atomic E-state index is -0.258. The summed E-state index contributed by atoms with van der Waals surface area (Å²) in [6.07, 6.45) is 4.34. The van der Waals surface area contributed by atoms with Crippen LogP contribution >= 0.6 is 0 Å². The Hall–Kier alpha value is -2.87. The minimum absolute atomic E-state index is 0.159. The molecule has 1 aliphatic rings. The molecular weight excluding hydrogens is 346 g/mol. The average Bonchev–Trinajstić information content (AvgIpc) is 3.35. The number of hydrogen-bond donors (Lipinski definition) is 1. The number of hydrogen-bond acceptors (Lipinski definition) is 5. The predicted octanol–water partition coefficient (Wildman–Crippen LogP) is 1.33. The molecule has 8 nitrogen and oxygen atoms in total. The highest BCUT2D eigenvalue weighted by molar-refractivity contribution is 5.93. The lowest BCUT2D eigenvalue weighted by atomic mass is 10.1. The summed E-state index contributed by atoms with van der Waals surface area (Å²) in [5.74, 6) is 1.69. The van der Waals surface area contributed by atoms with Gasteiger partial charge in [-0.15, -0.1) is 0 Å². The number of fused-ring (bicyclic) bond motifs is 1. The van der Waals surface area contributed by atoms with Gasteiger partial charge >= 0.3 is 0 Å². The molecule has 0 radical (unpaired) electrons. The first-order valence-corrected chi connectivity index (χ1v) is 9.04. The Balaban J connectivity index is 1.77. The SMILES string of the molecule is Cc1cc(-c2cn3cc(C(=O)N4CC[C@@H](CN)C4)nc3c(=O)n2C)c(C)o1. The Kier molecular flexibility index (Phi) is 4.15. The smallest absolute Gasteiger partial charge is 0.294 e. The first-order valence-electron chi connectivity index (χ1n) is 9.04. The number of aromatic nitrogens is 3. The number of carbonyl (C=O) groups excluding carboxylic acids is 1. The van der Waals surface area contributed by atoms with Crippen LogP contribution in [0.2, 0.25) is 0 Å². The van der Waals surface area contributed by atoms with E-state index in [1.807, 2.05) is 26.1 Å². The monoisotopic (exact) mass is 369 g/mol. The lowest BCUT2D eigenvalue weighted by Crippen LogP contribution is -2.30. The molecule has 142 valence electrons. The Morgan fingerprint density at radius 2 is 2.15 bits per heavy atom. The van der Waals surface area contributed by atoms with E-state index in [-0.39, 0.29) is 22.8 Å². The fourth-order valence-electron chi connectivity index (χ4n) is 3.74. The topological polar surface area (TPSA) is 98.8 Å². The molecule has 2 N–H and O–H groups in total. The molecule has 0 saturated carbocycles. The summed E-state index contributed by atoms with van der Waals surface area (Å²) in [5.41, 5.74) is 7.52. The number of likely N-dealkylation sites (tertiary alicyclic amines) is 1. The Morgan fingerprint density at radius 3 is 2.78 bits per heavy atom. The van der Waals surface area contributed by atoms with E-state index in [2.05, 4.69) is 4.98 Å². The number of nitrogens with zero attached hydrogens (tertiary/aromatic N) is 4. The van der Waals surface area contributed by atoms with E-state index in [1.54, 1.807) is 22.5 Å². The van der Waals surface area contributed by atoms with Crippen LogP contribution in [-0.2, 0) is 7.05 Å². The van der Waals surface area contributed by atoms with Crippen molar-refractivity contribution in [2.75, 3.05) is 19.6 Å². The number of carbonyl (C=O) groups is 1. The summed E-state index contributed by atoms with van der Waals surface area (Å²) in [7, 11) is 1.70. The van der Waals surface area contributed by atoms with Crippen LogP contribution in [0, 0.1) is 19.8 Å². The zero-order chi connectivity index (χ0) is 19.3. The molecule has 1 aliphatic heterocycles. The molecule has 4 heterocycles. The van der Waals surface area contributed by atoms with E-state index >= 15 is 0 Å². The molecule has 1 fully saturated rings. The molecule has 0 aliphatic carbocycles. The minimum Gasteiger partial charge on any atom is -0.466 e. The number of imidazole rings is 1. The van der Waals surface area contributed by atoms with Crippen molar-refractivity contribution in [2.45, 2.75) is 20.3 Å². The van der Waals surface area contributed by atoms with Crippen molar-refractivity contribution in [3.05, 3.63) is 46.0 Å². The van der Waals surface area contributed by atoms with Gasteiger partial charge in [0.2, 0.25) is 5.65 Å². The Bertz CT molecular complexity index is 1090. The summed E-state index contributed by atoms with van der Waals surface area (Å²) in [6, 6.07) is 1.90. The van der Waals surface area contributed by atoms with E-state index in [1.165, 1.54) is 4.57 Å². The van der Waals surface area contributed by atoms with E-state index in [4.69, 9.17) is 10.2 Å². The third-order valence-electron chi connectivity index (χ3n) is 5.29. The normalized spacial score (nSPS) is 17.2. The molecule has 1 saturated heterocycles. The van der Waals surface area contributed by atoms with Crippen LogP contribution in [0.4, 0.5) is 0 Å². The van der Waals surface area contributed by atoms with Gasteiger partial charge in [-0.3, -0.25) is 14.0 Å². The highest BCUT2D eigenvalue weighted by Gasteiger charge is 2.28. The maximum Gasteiger partial charge on any atom is 0.294 e. The van der Waals surface area contributed by atoms with Crippen LogP contribution in [0.15, 0.2) is 27.7 Å². The summed E-state index contributed by atoms with van der Waals surface area (Å²) in [6.45, 7) is 5.61. The zero-order valence-corrected chi connectivity index (χ0v) is 15.7. The van der Waals surface area contributed by atoms with Crippen LogP contribution in [0.25, 0.3) is 16.9 Å². The molecule has 8 heteroatoms. The van der Waals surface area contributed by atoms with Crippen molar-refractivity contribution in [2.24, 2.45) is 18.7 Å². The zero-order valence-electron chi connectivity index (χ0n) is 15.7. The molecule has 0 unspecified atom stereocenters. The molecule has 0 aromatic carbocycles. The second-order valence-corrected chi connectivity index (χ2v) is 7.20. The highest BCUT2D eigenvalue weighted by Crippen LogP contribution is 2.26. The summed E-state index contributed by atoms with van der Waals surface area (Å²) in [5, 5.41) is 0. The maximum atomic E-state index is 12.8. The quantitative estimate of drug-likeness (QED) is 0.751. The van der Waals surface area contributed by atoms with Gasteiger partial charge in [0, 0.05) is 38.1 Å². The second-order valence-electron chi connectivity index (χ2n) is 7.20. The summed E-state index contributed by atoms with van der Waals surface area (Å²) < 4.78 is 8.76. The van der Waals surface area contributed by atoms with Crippen molar-refractivity contribution in [3.63, 3.8) is 0 Å². The highest BCUT2D eigenvalue weighted by atomic mass is 16.3. The van der Waals surface area contributed by atoms with Gasteiger partial charge in [0.15, 0.2) is 0 Å². The molecule has 4 rings (SSSR count). The van der Waals surface area contributed by atoms with Gasteiger partial charge in [0.05, 0.1) is 5.69 Å². The van der Waals surface area contributed by atoms with Crippen LogP contribution in [0.1, 0.15) is 28.4 Å². The number of furan rings is 1. The Morgan fingerprint density at radius 1 is 1.37 bits per heavy atom. The van der Waals surface area contributed by atoms with Gasteiger partial charge in [0.1, 0.15) is 17.2 Å². The van der Waals surface area contributed by atoms with Crippen molar-refractivity contribution < 1.29 is 9.21 Å². The number of nitrogens with two attached hydrogens (primary N) is 1. The Labute approximate surface area is 156 Å². The van der Waals surface area contributed by atoms with Crippen LogP contribution in [0.3, 0.4) is 0 Å². The van der Waals surface area contributed by atoms with E-state index in [9.17, 15) is 9.59 Å². The summed E-state index contributed by atoms with van der Waals surface area (Å²) >= 11 is 0. The van der Waals surface area contributed by atoms with Crippen molar-refractivity contribution >= 4 is 11.6 Å². The number of amides is 1. The second kappa shape index (κ2) is 6.38. The van der Waals surface area contributed by atoms with Gasteiger partial charge in [0.25, 0.3) is 11.5 Å².